The van der Waals surface area contributed by atoms with E-state index >= 15 is 0 Å². The Balaban J connectivity index is 1.58. The van der Waals surface area contributed by atoms with Crippen LogP contribution in [0.5, 0.6) is 5.75 Å². The van der Waals surface area contributed by atoms with Gasteiger partial charge in [-0.05, 0) is 24.6 Å². The maximum Gasteiger partial charge on any atom is 0.123 e. The summed E-state index contributed by atoms with van der Waals surface area (Å²) in [4.78, 5) is 2.46. The van der Waals surface area contributed by atoms with Crippen molar-refractivity contribution in [3.63, 3.8) is 0 Å². The average molecular weight is 264 g/mol. The van der Waals surface area contributed by atoms with Gasteiger partial charge in [0.1, 0.15) is 17.7 Å². The van der Waals surface area contributed by atoms with E-state index < -0.39 is 0 Å². The summed E-state index contributed by atoms with van der Waals surface area (Å²) in [6.07, 6.45) is 2.16. The molecule has 0 radical (unpaired) electrons. The lowest BCUT2D eigenvalue weighted by Gasteiger charge is -2.34. The second-order valence-corrected chi connectivity index (χ2v) is 5.51. The second-order valence-electron chi connectivity index (χ2n) is 5.51. The van der Waals surface area contributed by atoms with Crippen molar-refractivity contribution in [2.24, 2.45) is 0 Å². The van der Waals surface area contributed by atoms with Crippen molar-refractivity contribution in [1.29, 1.82) is 0 Å². The third kappa shape index (κ3) is 2.90. The minimum absolute atomic E-state index is 0.170. The lowest BCUT2D eigenvalue weighted by molar-refractivity contribution is 0.122. The zero-order chi connectivity index (χ0) is 13.2. The predicted octanol–water partition coefficient (Wildman–Crippen LogP) is 1.81. The summed E-state index contributed by atoms with van der Waals surface area (Å²) < 4.78 is 19.1. The van der Waals surface area contributed by atoms with Gasteiger partial charge in [-0.15, -0.1) is 0 Å². The molecule has 0 amide bonds. The molecule has 0 aliphatic carbocycles. The molecule has 3 rings (SSSR count). The lowest BCUT2D eigenvalue weighted by Crippen LogP contribution is -2.52. The maximum atomic E-state index is 13.2. The van der Waals surface area contributed by atoms with Gasteiger partial charge in [-0.1, -0.05) is 6.92 Å². The molecule has 0 bridgehead atoms. The number of nitrogens with one attached hydrogen (secondary N) is 1. The molecule has 2 atom stereocenters. The van der Waals surface area contributed by atoms with Gasteiger partial charge in [0.2, 0.25) is 0 Å². The molecule has 1 saturated heterocycles. The van der Waals surface area contributed by atoms with Crippen LogP contribution in [0.15, 0.2) is 18.2 Å². The molecule has 4 heteroatoms. The molecule has 2 aliphatic heterocycles. The number of ether oxygens (including phenoxy) is 1. The molecule has 1 N–H and O–H groups in total. The van der Waals surface area contributed by atoms with Crippen LogP contribution in [0.3, 0.4) is 0 Å². The van der Waals surface area contributed by atoms with Gasteiger partial charge in [0.05, 0.1) is 0 Å². The third-order valence-electron chi connectivity index (χ3n) is 4.06. The van der Waals surface area contributed by atoms with Crippen molar-refractivity contribution in [3.8, 4) is 5.75 Å². The van der Waals surface area contributed by atoms with Gasteiger partial charge in [-0.3, -0.25) is 4.90 Å². The van der Waals surface area contributed by atoms with E-state index in [-0.39, 0.29) is 11.9 Å². The summed E-state index contributed by atoms with van der Waals surface area (Å²) in [5.41, 5.74) is 1.01. The number of piperazine rings is 1. The molecular formula is C15H21FN2O. The molecule has 2 aliphatic rings. The Bertz CT molecular complexity index is 452. The van der Waals surface area contributed by atoms with E-state index in [2.05, 4.69) is 17.1 Å². The van der Waals surface area contributed by atoms with Gasteiger partial charge in [0, 0.05) is 44.2 Å². The molecule has 0 saturated carbocycles. The van der Waals surface area contributed by atoms with E-state index in [1.807, 2.05) is 0 Å². The first-order chi connectivity index (χ1) is 9.24. The minimum Gasteiger partial charge on any atom is -0.488 e. The maximum absolute atomic E-state index is 13.2. The standard InChI is InChI=1S/C15H21FN2O/c1-2-13-9-18(6-5-17-13)10-14-8-11-7-12(16)3-4-15(11)19-14/h3-4,7,13-14,17H,2,5-6,8-10H2,1H3. The van der Waals surface area contributed by atoms with Crippen molar-refractivity contribution < 1.29 is 9.13 Å². The SMILES string of the molecule is CCC1CN(CC2Cc3cc(F)ccc3O2)CCN1. The fourth-order valence-electron chi connectivity index (χ4n) is 3.01. The van der Waals surface area contributed by atoms with Crippen LogP contribution in [0.1, 0.15) is 18.9 Å². The summed E-state index contributed by atoms with van der Waals surface area (Å²) in [6, 6.07) is 5.41. The highest BCUT2D eigenvalue weighted by Crippen LogP contribution is 2.29. The first-order valence-electron chi connectivity index (χ1n) is 7.15. The summed E-state index contributed by atoms with van der Waals surface area (Å²) in [6.45, 7) is 6.36. The molecule has 1 aromatic carbocycles. The van der Waals surface area contributed by atoms with Crippen molar-refractivity contribution >= 4 is 0 Å². The minimum atomic E-state index is -0.170. The molecule has 19 heavy (non-hydrogen) atoms. The quantitative estimate of drug-likeness (QED) is 0.901. The van der Waals surface area contributed by atoms with Gasteiger partial charge < -0.3 is 10.1 Å². The normalized spacial score (nSPS) is 27.1. The van der Waals surface area contributed by atoms with E-state index in [1.54, 1.807) is 12.1 Å². The number of rotatable bonds is 3. The lowest BCUT2D eigenvalue weighted by atomic mass is 10.1. The number of halogens is 1. The summed E-state index contributed by atoms with van der Waals surface area (Å²) in [7, 11) is 0. The Morgan fingerprint density at radius 3 is 3.21 bits per heavy atom. The molecule has 1 aromatic rings. The van der Waals surface area contributed by atoms with E-state index in [4.69, 9.17) is 4.74 Å². The Morgan fingerprint density at radius 2 is 2.37 bits per heavy atom. The second kappa shape index (κ2) is 5.47. The highest BCUT2D eigenvalue weighted by molar-refractivity contribution is 5.37. The van der Waals surface area contributed by atoms with Crippen LogP contribution in [0.25, 0.3) is 0 Å². The zero-order valence-electron chi connectivity index (χ0n) is 11.4. The first kappa shape index (κ1) is 12.9. The van der Waals surface area contributed by atoms with Crippen molar-refractivity contribution in [1.82, 2.24) is 10.2 Å². The largest absolute Gasteiger partial charge is 0.488 e. The van der Waals surface area contributed by atoms with E-state index in [0.29, 0.717) is 6.04 Å². The van der Waals surface area contributed by atoms with Crippen molar-refractivity contribution in [2.45, 2.75) is 31.9 Å². The topological polar surface area (TPSA) is 24.5 Å². The molecule has 0 spiro atoms. The number of hydrogen-bond donors (Lipinski definition) is 1. The molecule has 2 unspecified atom stereocenters. The fraction of sp³-hybridized carbons (Fsp3) is 0.600. The van der Waals surface area contributed by atoms with E-state index in [9.17, 15) is 4.39 Å². The Morgan fingerprint density at radius 1 is 1.47 bits per heavy atom. The van der Waals surface area contributed by atoms with Crippen LogP contribution >= 0.6 is 0 Å². The Hall–Kier alpha value is -1.13. The van der Waals surface area contributed by atoms with Gasteiger partial charge in [0.25, 0.3) is 0 Å². The smallest absolute Gasteiger partial charge is 0.123 e. The van der Waals surface area contributed by atoms with E-state index in [0.717, 1.165) is 50.3 Å². The molecular weight excluding hydrogens is 243 g/mol. The van der Waals surface area contributed by atoms with Crippen LogP contribution in [0.2, 0.25) is 0 Å². The summed E-state index contributed by atoms with van der Waals surface area (Å²) in [5.74, 6) is 0.685. The number of nitrogens with zero attached hydrogens (tertiary/aromatic N) is 1. The monoisotopic (exact) mass is 264 g/mol. The van der Waals surface area contributed by atoms with Crippen LogP contribution in [0, 0.1) is 5.82 Å². The average Bonchev–Trinajstić information content (AvgIpc) is 2.80. The molecule has 3 nitrogen and oxygen atoms in total. The van der Waals surface area contributed by atoms with Crippen LogP contribution in [-0.2, 0) is 6.42 Å². The van der Waals surface area contributed by atoms with Crippen molar-refractivity contribution in [2.75, 3.05) is 26.2 Å². The molecule has 1 fully saturated rings. The number of fused-ring (bicyclic) bond motifs is 1. The third-order valence-corrected chi connectivity index (χ3v) is 4.06. The molecule has 104 valence electrons. The van der Waals surface area contributed by atoms with Gasteiger partial charge in [-0.2, -0.15) is 0 Å². The van der Waals surface area contributed by atoms with Gasteiger partial charge in [0.15, 0.2) is 0 Å². The Kier molecular flexibility index (Phi) is 3.71. The predicted molar refractivity (Wildman–Crippen MR) is 73.0 cm³/mol. The molecule has 2 heterocycles. The van der Waals surface area contributed by atoms with Crippen LogP contribution in [-0.4, -0.2) is 43.2 Å². The first-order valence-corrected chi connectivity index (χ1v) is 7.15. The Labute approximate surface area is 113 Å². The number of hydrogen-bond acceptors (Lipinski definition) is 3. The van der Waals surface area contributed by atoms with Crippen LogP contribution in [0.4, 0.5) is 4.39 Å². The van der Waals surface area contributed by atoms with Gasteiger partial charge >= 0.3 is 0 Å². The highest BCUT2D eigenvalue weighted by Gasteiger charge is 2.27. The highest BCUT2D eigenvalue weighted by atomic mass is 19.1. The zero-order valence-corrected chi connectivity index (χ0v) is 11.4. The van der Waals surface area contributed by atoms with Gasteiger partial charge in [-0.25, -0.2) is 4.39 Å². The number of benzene rings is 1. The summed E-state index contributed by atoms with van der Waals surface area (Å²) >= 11 is 0. The summed E-state index contributed by atoms with van der Waals surface area (Å²) in [5, 5.41) is 3.52. The van der Waals surface area contributed by atoms with Crippen molar-refractivity contribution in [3.05, 3.63) is 29.6 Å². The fourth-order valence-corrected chi connectivity index (χ4v) is 3.01. The van der Waals surface area contributed by atoms with E-state index in [1.165, 1.54) is 6.07 Å². The molecule has 0 aromatic heterocycles. The van der Waals surface area contributed by atoms with Crippen LogP contribution < -0.4 is 10.1 Å².